The highest BCUT2D eigenvalue weighted by Crippen LogP contribution is 2.20. The number of rotatable bonds is 69. The van der Waals surface area contributed by atoms with E-state index < -0.39 is 6.10 Å². The van der Waals surface area contributed by atoms with Crippen LogP contribution in [0.3, 0.4) is 0 Å². The Bertz CT molecular complexity index is 1330. The summed E-state index contributed by atoms with van der Waals surface area (Å²) in [6.45, 7) is 4.10. The number of hydrogen-bond acceptors (Lipinski definition) is 5. The first-order valence-corrected chi connectivity index (χ1v) is 36.7. The average Bonchev–Trinajstić information content (AvgIpc) is 3.47. The molecule has 81 heavy (non-hydrogen) atoms. The fourth-order valence-corrected chi connectivity index (χ4v) is 11.4. The highest BCUT2D eigenvalue weighted by Gasteiger charge is 2.16. The molecule has 0 aliphatic rings. The number of ether oxygens (including phenoxy) is 2. The van der Waals surface area contributed by atoms with E-state index in [1.807, 2.05) is 0 Å². The topological polar surface area (TPSA) is 72.8 Å². The van der Waals surface area contributed by atoms with Crippen molar-refractivity contribution in [3.8, 4) is 0 Å². The molecular weight excluding hydrogens is 993 g/mol. The second-order valence-corrected chi connectivity index (χ2v) is 25.0. The molecule has 0 spiro atoms. The summed E-state index contributed by atoms with van der Waals surface area (Å²) in [4.78, 5) is 24.7. The van der Waals surface area contributed by atoms with Gasteiger partial charge in [-0.25, -0.2) is 0 Å². The maximum Gasteiger partial charge on any atom is 0.306 e. The van der Waals surface area contributed by atoms with Gasteiger partial charge in [0.05, 0.1) is 6.61 Å². The van der Waals surface area contributed by atoms with Crippen LogP contribution in [-0.4, -0.2) is 36.4 Å². The lowest BCUT2D eigenvalue weighted by molar-refractivity contribution is -0.161. The Labute approximate surface area is 507 Å². The average molecular weight is 1140 g/mol. The van der Waals surface area contributed by atoms with Crippen LogP contribution < -0.4 is 0 Å². The molecule has 0 aromatic rings. The van der Waals surface area contributed by atoms with Crippen LogP contribution in [0.5, 0.6) is 0 Å². The lowest BCUT2D eigenvalue weighted by atomic mass is 10.0. The van der Waals surface area contributed by atoms with Gasteiger partial charge in [0.2, 0.25) is 0 Å². The van der Waals surface area contributed by atoms with Gasteiger partial charge in [-0.05, 0) is 51.4 Å². The van der Waals surface area contributed by atoms with Crippen molar-refractivity contribution in [2.75, 3.05) is 13.2 Å². The van der Waals surface area contributed by atoms with Gasteiger partial charge in [0.25, 0.3) is 0 Å². The Morgan fingerprint density at radius 1 is 0.296 bits per heavy atom. The number of carbonyl (C=O) groups is 2. The van der Waals surface area contributed by atoms with Crippen molar-refractivity contribution < 1.29 is 24.2 Å². The minimum atomic E-state index is -0.769. The van der Waals surface area contributed by atoms with Gasteiger partial charge >= 0.3 is 11.9 Å². The molecule has 0 aromatic carbocycles. The Morgan fingerprint density at radius 3 is 0.802 bits per heavy atom. The SMILES string of the molecule is CC/C=C\C/C=C\C/C=C\C/C=C\CCCCCCCCCCCCCCCCCCCCCCCCCCCCC(=O)OC(CO)COC(=O)CCCCCCCCCCCCCCCCCCCCCCCCCCCCCC. The summed E-state index contributed by atoms with van der Waals surface area (Å²) >= 11 is 0. The molecule has 1 N–H and O–H groups in total. The lowest BCUT2D eigenvalue weighted by Gasteiger charge is -2.15. The largest absolute Gasteiger partial charge is 0.462 e. The van der Waals surface area contributed by atoms with Crippen molar-refractivity contribution >= 4 is 11.9 Å². The molecule has 476 valence electrons. The van der Waals surface area contributed by atoms with Gasteiger partial charge < -0.3 is 14.6 Å². The standard InChI is InChI=1S/C76H142O5/c1-3-5-7-9-11-13-15-17-19-21-23-25-27-29-31-33-34-35-36-37-38-39-40-41-42-43-45-47-49-51-53-55-57-59-61-63-65-67-69-71-76(79)81-74(72-77)73-80-75(78)70-68-66-64-62-60-58-56-54-52-50-48-46-44-32-30-28-26-24-22-20-18-16-14-12-10-8-6-4-2/h5,7,11,13,17,19,23,25,74,77H,3-4,6,8-10,12,14-16,18,20-22,24,26-73H2,1-2H3/b7-5-,13-11-,19-17-,25-23-. The maximum atomic E-state index is 12.4. The molecule has 0 aliphatic heterocycles. The molecule has 0 fully saturated rings. The molecule has 5 heteroatoms. The van der Waals surface area contributed by atoms with Gasteiger partial charge in [-0.3, -0.25) is 9.59 Å². The van der Waals surface area contributed by atoms with Crippen molar-refractivity contribution in [1.29, 1.82) is 0 Å². The number of aliphatic hydroxyl groups excluding tert-OH is 1. The van der Waals surface area contributed by atoms with Crippen LogP contribution in [0.15, 0.2) is 48.6 Å². The molecule has 0 amide bonds. The zero-order chi connectivity index (χ0) is 58.4. The summed E-state index contributed by atoms with van der Waals surface area (Å²) in [5.41, 5.74) is 0. The number of unbranched alkanes of at least 4 members (excludes halogenated alkanes) is 53. The highest BCUT2D eigenvalue weighted by molar-refractivity contribution is 5.70. The fourth-order valence-electron chi connectivity index (χ4n) is 11.4. The Hall–Kier alpha value is -2.14. The van der Waals surface area contributed by atoms with Gasteiger partial charge in [0.15, 0.2) is 6.10 Å². The Kier molecular flexibility index (Phi) is 70.2. The Balaban J connectivity index is 3.36. The predicted octanol–water partition coefficient (Wildman–Crippen LogP) is 25.5. The molecule has 5 nitrogen and oxygen atoms in total. The molecule has 1 unspecified atom stereocenters. The highest BCUT2D eigenvalue weighted by atomic mass is 16.6. The number of carbonyl (C=O) groups excluding carboxylic acids is 2. The van der Waals surface area contributed by atoms with Crippen molar-refractivity contribution in [3.05, 3.63) is 48.6 Å². The molecule has 0 saturated carbocycles. The van der Waals surface area contributed by atoms with E-state index >= 15 is 0 Å². The van der Waals surface area contributed by atoms with Crippen LogP contribution in [-0.2, 0) is 19.1 Å². The third-order valence-electron chi connectivity index (χ3n) is 16.9. The monoisotopic (exact) mass is 1140 g/mol. The molecule has 0 saturated heterocycles. The van der Waals surface area contributed by atoms with Crippen LogP contribution in [0.4, 0.5) is 0 Å². The van der Waals surface area contributed by atoms with Gasteiger partial charge in [0, 0.05) is 12.8 Å². The second-order valence-electron chi connectivity index (χ2n) is 25.0. The van der Waals surface area contributed by atoms with Crippen LogP contribution in [0.25, 0.3) is 0 Å². The molecule has 0 aliphatic carbocycles. The fraction of sp³-hybridized carbons (Fsp3) is 0.868. The normalized spacial score (nSPS) is 12.4. The zero-order valence-electron chi connectivity index (χ0n) is 54.8. The van der Waals surface area contributed by atoms with Crippen LogP contribution in [0, 0.1) is 0 Å². The van der Waals surface area contributed by atoms with Crippen molar-refractivity contribution in [3.63, 3.8) is 0 Å². The number of allylic oxidation sites excluding steroid dienone is 8. The van der Waals surface area contributed by atoms with Crippen LogP contribution in [0.1, 0.15) is 406 Å². The number of esters is 2. The van der Waals surface area contributed by atoms with E-state index in [1.165, 1.54) is 321 Å². The van der Waals surface area contributed by atoms with E-state index in [0.717, 1.165) is 57.8 Å². The number of aliphatic hydroxyl groups is 1. The van der Waals surface area contributed by atoms with Gasteiger partial charge in [-0.1, -0.05) is 390 Å². The third-order valence-corrected chi connectivity index (χ3v) is 16.9. The molecule has 1 atom stereocenters. The molecule has 0 rings (SSSR count). The van der Waals surface area contributed by atoms with E-state index in [-0.39, 0.29) is 25.2 Å². The first kappa shape index (κ1) is 78.9. The van der Waals surface area contributed by atoms with E-state index in [2.05, 4.69) is 62.5 Å². The van der Waals surface area contributed by atoms with E-state index in [4.69, 9.17) is 9.47 Å². The summed E-state index contributed by atoms with van der Waals surface area (Å²) in [6, 6.07) is 0. The summed E-state index contributed by atoms with van der Waals surface area (Å²) in [7, 11) is 0. The molecule has 0 radical (unpaired) electrons. The van der Waals surface area contributed by atoms with Crippen molar-refractivity contribution in [2.24, 2.45) is 0 Å². The summed E-state index contributed by atoms with van der Waals surface area (Å²) < 4.78 is 10.8. The van der Waals surface area contributed by atoms with Gasteiger partial charge in [-0.2, -0.15) is 0 Å². The molecular formula is C76H142O5. The van der Waals surface area contributed by atoms with Crippen LogP contribution in [0.2, 0.25) is 0 Å². The second kappa shape index (κ2) is 72.1. The minimum absolute atomic E-state index is 0.0580. The van der Waals surface area contributed by atoms with Crippen molar-refractivity contribution in [1.82, 2.24) is 0 Å². The molecule has 0 bridgehead atoms. The van der Waals surface area contributed by atoms with Crippen molar-refractivity contribution in [2.45, 2.75) is 412 Å². The summed E-state index contributed by atoms with van der Waals surface area (Å²) in [5.74, 6) is -0.563. The predicted molar refractivity (Wildman–Crippen MR) is 357 cm³/mol. The first-order valence-electron chi connectivity index (χ1n) is 36.7. The molecule has 0 aromatic heterocycles. The summed E-state index contributed by atoms with van der Waals surface area (Å²) in [5, 5.41) is 9.71. The minimum Gasteiger partial charge on any atom is -0.462 e. The lowest BCUT2D eigenvalue weighted by Crippen LogP contribution is -2.28. The van der Waals surface area contributed by atoms with E-state index in [0.29, 0.717) is 12.8 Å². The van der Waals surface area contributed by atoms with E-state index in [1.54, 1.807) is 0 Å². The van der Waals surface area contributed by atoms with Gasteiger partial charge in [-0.15, -0.1) is 0 Å². The summed E-state index contributed by atoms with van der Waals surface area (Å²) in [6.07, 6.45) is 97.5. The quantitative estimate of drug-likeness (QED) is 0.0373. The number of hydrogen-bond donors (Lipinski definition) is 1. The van der Waals surface area contributed by atoms with Crippen LogP contribution >= 0.6 is 0 Å². The third kappa shape index (κ3) is 70.3. The Morgan fingerprint density at radius 2 is 0.531 bits per heavy atom. The first-order chi connectivity index (χ1) is 40.1. The van der Waals surface area contributed by atoms with Gasteiger partial charge in [0.1, 0.15) is 6.61 Å². The maximum absolute atomic E-state index is 12.4. The molecule has 0 heterocycles. The smallest absolute Gasteiger partial charge is 0.306 e. The zero-order valence-corrected chi connectivity index (χ0v) is 54.8. The van der Waals surface area contributed by atoms with E-state index in [9.17, 15) is 14.7 Å².